The first-order valence-electron chi connectivity index (χ1n) is 8.89. The molecule has 2 amide bonds. The lowest BCUT2D eigenvalue weighted by Crippen LogP contribution is -2.38. The Morgan fingerprint density at radius 3 is 2.90 bits per heavy atom. The van der Waals surface area contributed by atoms with E-state index in [4.69, 9.17) is 15.2 Å². The van der Waals surface area contributed by atoms with Crippen LogP contribution >= 0.6 is 11.8 Å². The van der Waals surface area contributed by atoms with E-state index in [1.54, 1.807) is 29.8 Å². The van der Waals surface area contributed by atoms with Crippen LogP contribution in [-0.4, -0.2) is 52.5 Å². The molecule has 2 N–H and O–H groups in total. The molecule has 2 aromatic rings. The summed E-state index contributed by atoms with van der Waals surface area (Å²) in [6.45, 7) is 2.10. The number of hydrogen-bond acceptors (Lipinski definition) is 6. The largest absolute Gasteiger partial charge is 0.491 e. The fraction of sp³-hybridized carbons (Fsp3) is 0.389. The second-order valence-electron chi connectivity index (χ2n) is 6.63. The molecule has 1 aromatic heterocycles. The van der Waals surface area contributed by atoms with E-state index in [9.17, 15) is 18.4 Å². The number of alkyl halides is 2. The maximum Gasteiger partial charge on any atom is 0.416 e. The second kappa shape index (κ2) is 7.54. The van der Waals surface area contributed by atoms with Crippen molar-refractivity contribution >= 4 is 29.6 Å². The molecule has 0 unspecified atom stereocenters. The molecule has 2 aliphatic heterocycles. The summed E-state index contributed by atoms with van der Waals surface area (Å²) in [6, 6.07) is 4.01. The van der Waals surface area contributed by atoms with Crippen molar-refractivity contribution in [3.05, 3.63) is 24.4 Å². The standard InChI is InChI=1S/C18H18F2N4O4S/c1-9(16(21)25)29-10-2-3-11-13(6-10)27-5-4-23-7-14(22-17(11)23)24-12(15(19)20)8-28-18(24)26/h2-3,6-7,9,12,15H,4-5,8H2,1H3,(H2,21,25)/t9-,12-/m0/s1. The zero-order valence-corrected chi connectivity index (χ0v) is 16.2. The number of benzene rings is 1. The zero-order valence-electron chi connectivity index (χ0n) is 15.4. The van der Waals surface area contributed by atoms with Gasteiger partial charge in [0.2, 0.25) is 5.91 Å². The number of nitrogens with zero attached hydrogens (tertiary/aromatic N) is 3. The van der Waals surface area contributed by atoms with Crippen molar-refractivity contribution in [1.82, 2.24) is 9.55 Å². The van der Waals surface area contributed by atoms with E-state index in [1.165, 1.54) is 11.8 Å². The summed E-state index contributed by atoms with van der Waals surface area (Å²) in [4.78, 5) is 29.4. The minimum Gasteiger partial charge on any atom is -0.491 e. The highest BCUT2D eigenvalue weighted by Gasteiger charge is 2.42. The minimum absolute atomic E-state index is 0.112. The Morgan fingerprint density at radius 2 is 2.17 bits per heavy atom. The van der Waals surface area contributed by atoms with Gasteiger partial charge in [-0.15, -0.1) is 11.8 Å². The number of rotatable bonds is 5. The first kappa shape index (κ1) is 19.5. The zero-order chi connectivity index (χ0) is 20.7. The van der Waals surface area contributed by atoms with Crippen molar-refractivity contribution in [3.8, 4) is 17.1 Å². The summed E-state index contributed by atoms with van der Waals surface area (Å²) >= 11 is 1.31. The van der Waals surface area contributed by atoms with Crippen LogP contribution in [0.15, 0.2) is 29.3 Å². The first-order valence-corrected chi connectivity index (χ1v) is 9.77. The predicted octanol–water partition coefficient (Wildman–Crippen LogP) is 2.50. The fourth-order valence-electron chi connectivity index (χ4n) is 3.18. The Labute approximate surface area is 169 Å². The van der Waals surface area contributed by atoms with Gasteiger partial charge in [0, 0.05) is 11.1 Å². The third-order valence-electron chi connectivity index (χ3n) is 4.70. The van der Waals surface area contributed by atoms with Crippen LogP contribution in [-0.2, 0) is 16.1 Å². The molecule has 8 nitrogen and oxygen atoms in total. The van der Waals surface area contributed by atoms with Gasteiger partial charge in [0.15, 0.2) is 5.82 Å². The summed E-state index contributed by atoms with van der Waals surface area (Å²) in [5.41, 5.74) is 5.97. The number of anilines is 1. The molecule has 29 heavy (non-hydrogen) atoms. The number of ether oxygens (including phenoxy) is 2. The monoisotopic (exact) mass is 424 g/mol. The highest BCUT2D eigenvalue weighted by Crippen LogP contribution is 2.38. The van der Waals surface area contributed by atoms with Crippen LogP contribution in [0.1, 0.15) is 6.92 Å². The van der Waals surface area contributed by atoms with Crippen LogP contribution in [0.2, 0.25) is 0 Å². The Morgan fingerprint density at radius 1 is 1.38 bits per heavy atom. The third-order valence-corrected chi connectivity index (χ3v) is 5.82. The normalized spacial score (nSPS) is 19.2. The summed E-state index contributed by atoms with van der Waals surface area (Å²) in [5, 5.41) is -0.403. The van der Waals surface area contributed by atoms with Gasteiger partial charge in [-0.3, -0.25) is 4.79 Å². The van der Waals surface area contributed by atoms with Crippen LogP contribution < -0.4 is 15.4 Å². The van der Waals surface area contributed by atoms with E-state index >= 15 is 0 Å². The van der Waals surface area contributed by atoms with Crippen molar-refractivity contribution in [3.63, 3.8) is 0 Å². The number of aromatic nitrogens is 2. The maximum absolute atomic E-state index is 13.3. The van der Waals surface area contributed by atoms with E-state index in [2.05, 4.69) is 4.98 Å². The molecule has 3 heterocycles. The molecule has 0 spiro atoms. The molecule has 1 saturated heterocycles. The average Bonchev–Trinajstić information content (AvgIpc) is 3.21. The fourth-order valence-corrected chi connectivity index (χ4v) is 4.03. The number of carbonyl (C=O) groups excluding carboxylic acids is 2. The van der Waals surface area contributed by atoms with Gasteiger partial charge in [0.05, 0.1) is 17.4 Å². The topological polar surface area (TPSA) is 99.7 Å². The van der Waals surface area contributed by atoms with Gasteiger partial charge in [-0.2, -0.15) is 0 Å². The Kier molecular flexibility index (Phi) is 5.07. The van der Waals surface area contributed by atoms with E-state index in [-0.39, 0.29) is 12.4 Å². The summed E-state index contributed by atoms with van der Waals surface area (Å²) in [7, 11) is 0. The highest BCUT2D eigenvalue weighted by atomic mass is 32.2. The molecule has 154 valence electrons. The maximum atomic E-state index is 13.3. The van der Waals surface area contributed by atoms with Gasteiger partial charge >= 0.3 is 6.09 Å². The molecule has 0 radical (unpaired) electrons. The lowest BCUT2D eigenvalue weighted by molar-refractivity contribution is -0.117. The van der Waals surface area contributed by atoms with Crippen molar-refractivity contribution < 1.29 is 27.8 Å². The van der Waals surface area contributed by atoms with Gasteiger partial charge in [0.1, 0.15) is 30.8 Å². The Hall–Kier alpha value is -2.82. The van der Waals surface area contributed by atoms with Crippen LogP contribution in [0.5, 0.6) is 5.75 Å². The van der Waals surface area contributed by atoms with Crippen molar-refractivity contribution in [1.29, 1.82) is 0 Å². The SMILES string of the molecule is C[C@H](Sc1ccc2c(c1)OCCn1cc(N3C(=O)OC[C@H]3C(F)F)nc1-2)C(N)=O. The number of thioether (sulfide) groups is 1. The van der Waals surface area contributed by atoms with Crippen LogP contribution in [0.4, 0.5) is 19.4 Å². The van der Waals surface area contributed by atoms with Gasteiger partial charge in [-0.05, 0) is 25.1 Å². The smallest absolute Gasteiger partial charge is 0.416 e. The number of amides is 2. The number of carbonyl (C=O) groups is 2. The molecule has 0 bridgehead atoms. The quantitative estimate of drug-likeness (QED) is 0.741. The Balaban J connectivity index is 1.68. The van der Waals surface area contributed by atoms with Crippen molar-refractivity contribution in [2.75, 3.05) is 18.1 Å². The molecule has 1 fully saturated rings. The molecule has 0 aliphatic carbocycles. The highest BCUT2D eigenvalue weighted by molar-refractivity contribution is 8.00. The third kappa shape index (κ3) is 3.61. The molecule has 4 rings (SSSR count). The van der Waals surface area contributed by atoms with Crippen molar-refractivity contribution in [2.24, 2.45) is 5.73 Å². The lowest BCUT2D eigenvalue weighted by Gasteiger charge is -2.17. The van der Waals surface area contributed by atoms with Gasteiger partial charge in [-0.1, -0.05) is 0 Å². The first-order chi connectivity index (χ1) is 13.8. The lowest BCUT2D eigenvalue weighted by atomic mass is 10.2. The van der Waals surface area contributed by atoms with E-state index in [0.29, 0.717) is 30.3 Å². The second-order valence-corrected chi connectivity index (χ2v) is 8.05. The molecule has 2 atom stereocenters. The Bertz CT molecular complexity index is 967. The number of cyclic esters (lactones) is 1. The minimum atomic E-state index is -2.74. The van der Waals surface area contributed by atoms with Crippen LogP contribution in [0.25, 0.3) is 11.4 Å². The number of hydrogen-bond donors (Lipinski definition) is 1. The van der Waals surface area contributed by atoms with Gasteiger partial charge in [-0.25, -0.2) is 23.5 Å². The van der Waals surface area contributed by atoms with Crippen molar-refractivity contribution in [2.45, 2.75) is 36.1 Å². The molecule has 2 aliphatic rings. The van der Waals surface area contributed by atoms with Crippen LogP contribution in [0.3, 0.4) is 0 Å². The molecule has 0 saturated carbocycles. The van der Waals surface area contributed by atoms with E-state index < -0.39 is 29.7 Å². The summed E-state index contributed by atoms with van der Waals surface area (Å²) < 4.78 is 38.9. The molecular weight excluding hydrogens is 406 g/mol. The van der Waals surface area contributed by atoms with Gasteiger partial charge < -0.3 is 19.8 Å². The number of imidazole rings is 1. The summed E-state index contributed by atoms with van der Waals surface area (Å²) in [5.74, 6) is 0.746. The molecular formula is C18H18F2N4O4S. The van der Waals surface area contributed by atoms with E-state index in [1.807, 2.05) is 6.07 Å². The van der Waals surface area contributed by atoms with Crippen LogP contribution in [0, 0.1) is 0 Å². The average molecular weight is 424 g/mol. The molecule has 1 aromatic carbocycles. The molecule has 11 heteroatoms. The number of halogens is 2. The predicted molar refractivity (Wildman–Crippen MR) is 101 cm³/mol. The summed E-state index contributed by atoms with van der Waals surface area (Å²) in [6.07, 6.45) is -2.04. The number of nitrogens with two attached hydrogens (primary N) is 1. The van der Waals surface area contributed by atoms with E-state index in [0.717, 1.165) is 9.80 Å². The van der Waals surface area contributed by atoms with Gasteiger partial charge in [0.25, 0.3) is 6.43 Å². The number of fused-ring (bicyclic) bond motifs is 3. The number of primary amides is 1.